The Labute approximate surface area is 167 Å². The smallest absolute Gasteiger partial charge is 0.261 e. The van der Waals surface area contributed by atoms with E-state index in [1.165, 1.54) is 22.5 Å². The number of likely N-dealkylation sites (tertiary alicyclic amines) is 1. The van der Waals surface area contributed by atoms with Crippen LogP contribution in [0.15, 0.2) is 30.3 Å². The second-order valence-corrected chi connectivity index (χ2v) is 9.00. The van der Waals surface area contributed by atoms with Crippen LogP contribution in [0.4, 0.5) is 0 Å². The highest BCUT2D eigenvalue weighted by Gasteiger charge is 2.29. The van der Waals surface area contributed by atoms with Crippen molar-refractivity contribution in [3.05, 3.63) is 56.2 Å². The molecule has 2 aromatic rings. The van der Waals surface area contributed by atoms with Crippen molar-refractivity contribution >= 4 is 34.8 Å². The summed E-state index contributed by atoms with van der Waals surface area (Å²) in [6, 6.07) is 9.49. The van der Waals surface area contributed by atoms with Crippen molar-refractivity contribution in [1.29, 1.82) is 0 Å². The van der Waals surface area contributed by atoms with Crippen LogP contribution in [0, 0.1) is 0 Å². The summed E-state index contributed by atoms with van der Waals surface area (Å²) in [5.74, 6) is -0.0787. The third kappa shape index (κ3) is 4.03. The number of likely N-dealkylation sites (N-methyl/N-ethyl adjacent to an activating group) is 1. The van der Waals surface area contributed by atoms with Gasteiger partial charge in [0, 0.05) is 37.8 Å². The van der Waals surface area contributed by atoms with E-state index in [9.17, 15) is 9.59 Å². The predicted molar refractivity (Wildman–Crippen MR) is 108 cm³/mol. The number of hydrogen-bond acceptors (Lipinski definition) is 4. The minimum Gasteiger partial charge on any atom is -0.347 e. The zero-order valence-corrected chi connectivity index (χ0v) is 16.8. The van der Waals surface area contributed by atoms with Crippen LogP contribution in [-0.2, 0) is 13.0 Å². The summed E-state index contributed by atoms with van der Waals surface area (Å²) in [6.45, 7) is 3.15. The minimum atomic E-state index is -0.122. The van der Waals surface area contributed by atoms with Crippen LogP contribution >= 0.6 is 22.9 Å². The van der Waals surface area contributed by atoms with E-state index < -0.39 is 0 Å². The fourth-order valence-electron chi connectivity index (χ4n) is 3.77. The first-order valence-corrected chi connectivity index (χ1v) is 10.3. The number of carbonyl (C=O) groups is 2. The quantitative estimate of drug-likeness (QED) is 0.857. The lowest BCUT2D eigenvalue weighted by Gasteiger charge is -2.26. The molecule has 1 aromatic carbocycles. The number of nitrogens with zero attached hydrogens (tertiary/aromatic N) is 2. The SMILES string of the molecule is CN1CCc2ccc(C(=O)N3CCC(NC(=O)c4ccc(Cl)s4)C3)cc2C1. The highest BCUT2D eigenvalue weighted by atomic mass is 35.5. The van der Waals surface area contributed by atoms with E-state index in [1.807, 2.05) is 17.0 Å². The van der Waals surface area contributed by atoms with E-state index in [-0.39, 0.29) is 17.9 Å². The van der Waals surface area contributed by atoms with E-state index in [0.717, 1.165) is 31.5 Å². The Morgan fingerprint density at radius 3 is 2.81 bits per heavy atom. The van der Waals surface area contributed by atoms with Gasteiger partial charge in [0.1, 0.15) is 0 Å². The molecule has 0 spiro atoms. The Morgan fingerprint density at radius 1 is 1.19 bits per heavy atom. The molecule has 2 aliphatic rings. The molecule has 2 amide bonds. The molecule has 0 aliphatic carbocycles. The van der Waals surface area contributed by atoms with Gasteiger partial charge in [-0.1, -0.05) is 17.7 Å². The lowest BCUT2D eigenvalue weighted by Crippen LogP contribution is -2.38. The fraction of sp³-hybridized carbons (Fsp3) is 0.400. The Kier molecular flexibility index (Phi) is 5.21. The summed E-state index contributed by atoms with van der Waals surface area (Å²) in [7, 11) is 2.10. The molecule has 1 aromatic heterocycles. The van der Waals surface area contributed by atoms with Gasteiger partial charge in [0.25, 0.3) is 11.8 Å². The number of benzene rings is 1. The molecule has 1 N–H and O–H groups in total. The average Bonchev–Trinajstić information content (AvgIpc) is 3.29. The van der Waals surface area contributed by atoms with Gasteiger partial charge in [-0.05, 0) is 55.3 Å². The topological polar surface area (TPSA) is 52.7 Å². The maximum Gasteiger partial charge on any atom is 0.261 e. The van der Waals surface area contributed by atoms with E-state index in [2.05, 4.69) is 23.3 Å². The molecule has 5 nitrogen and oxygen atoms in total. The number of halogens is 1. The number of thiophene rings is 1. The molecule has 142 valence electrons. The van der Waals surface area contributed by atoms with Crippen LogP contribution in [0.2, 0.25) is 4.34 Å². The summed E-state index contributed by atoms with van der Waals surface area (Å²) < 4.78 is 0.599. The third-order valence-electron chi connectivity index (χ3n) is 5.26. The normalized spacial score (nSPS) is 19.8. The molecule has 1 fully saturated rings. The second kappa shape index (κ2) is 7.62. The molecule has 1 unspecified atom stereocenters. The number of rotatable bonds is 3. The molecule has 27 heavy (non-hydrogen) atoms. The van der Waals surface area contributed by atoms with Crippen molar-refractivity contribution in [2.75, 3.05) is 26.7 Å². The first kappa shape index (κ1) is 18.5. The summed E-state index contributed by atoms with van der Waals surface area (Å²) >= 11 is 7.16. The first-order chi connectivity index (χ1) is 13.0. The van der Waals surface area contributed by atoms with Crippen LogP contribution in [0.5, 0.6) is 0 Å². The van der Waals surface area contributed by atoms with Gasteiger partial charge in [-0.3, -0.25) is 9.59 Å². The Balaban J connectivity index is 1.39. The zero-order valence-electron chi connectivity index (χ0n) is 15.2. The average molecular weight is 404 g/mol. The summed E-state index contributed by atoms with van der Waals surface area (Å²) in [5, 5.41) is 3.01. The Bertz CT molecular complexity index is 882. The minimum absolute atomic E-state index is 0.0221. The monoisotopic (exact) mass is 403 g/mol. The van der Waals surface area contributed by atoms with Gasteiger partial charge in [0.2, 0.25) is 0 Å². The summed E-state index contributed by atoms with van der Waals surface area (Å²) in [5.41, 5.74) is 3.32. The summed E-state index contributed by atoms with van der Waals surface area (Å²) in [4.78, 5) is 29.9. The van der Waals surface area contributed by atoms with Crippen LogP contribution in [-0.4, -0.2) is 54.3 Å². The molecular formula is C20H22ClN3O2S. The lowest BCUT2D eigenvalue weighted by atomic mass is 9.97. The van der Waals surface area contributed by atoms with Crippen molar-refractivity contribution in [1.82, 2.24) is 15.1 Å². The maximum absolute atomic E-state index is 12.9. The molecule has 7 heteroatoms. The number of nitrogens with one attached hydrogen (secondary N) is 1. The number of hydrogen-bond donors (Lipinski definition) is 1. The molecule has 3 heterocycles. The van der Waals surface area contributed by atoms with E-state index in [0.29, 0.717) is 22.3 Å². The third-order valence-corrected chi connectivity index (χ3v) is 6.49. The number of carbonyl (C=O) groups excluding carboxylic acids is 2. The first-order valence-electron chi connectivity index (χ1n) is 9.15. The van der Waals surface area contributed by atoms with Crippen molar-refractivity contribution in [3.63, 3.8) is 0 Å². The molecule has 2 aliphatic heterocycles. The Hall–Kier alpha value is -1.89. The lowest BCUT2D eigenvalue weighted by molar-refractivity contribution is 0.0783. The van der Waals surface area contributed by atoms with E-state index in [1.54, 1.807) is 12.1 Å². The van der Waals surface area contributed by atoms with Crippen LogP contribution in [0.3, 0.4) is 0 Å². The molecule has 1 saturated heterocycles. The van der Waals surface area contributed by atoms with Crippen molar-refractivity contribution in [2.45, 2.75) is 25.4 Å². The highest BCUT2D eigenvalue weighted by Crippen LogP contribution is 2.23. The van der Waals surface area contributed by atoms with Crippen molar-refractivity contribution < 1.29 is 9.59 Å². The number of amides is 2. The van der Waals surface area contributed by atoms with Crippen molar-refractivity contribution in [3.8, 4) is 0 Å². The zero-order chi connectivity index (χ0) is 19.0. The van der Waals surface area contributed by atoms with Gasteiger partial charge in [0.05, 0.1) is 9.21 Å². The van der Waals surface area contributed by atoms with Gasteiger partial charge < -0.3 is 15.1 Å². The standard InChI is InChI=1S/C20H22ClN3O2S/c1-23-8-6-13-2-3-14(10-15(13)11-23)20(26)24-9-7-16(12-24)22-19(25)17-4-5-18(21)27-17/h2-5,10,16H,6-9,11-12H2,1H3,(H,22,25). The molecular weight excluding hydrogens is 382 g/mol. The number of fused-ring (bicyclic) bond motifs is 1. The van der Waals surface area contributed by atoms with Crippen LogP contribution in [0.1, 0.15) is 37.6 Å². The fourth-order valence-corrected chi connectivity index (χ4v) is 4.72. The molecule has 0 bridgehead atoms. The van der Waals surface area contributed by atoms with Crippen molar-refractivity contribution in [2.24, 2.45) is 0 Å². The molecule has 1 atom stereocenters. The Morgan fingerprint density at radius 2 is 2.04 bits per heavy atom. The second-order valence-electron chi connectivity index (χ2n) is 7.29. The maximum atomic E-state index is 12.9. The molecule has 0 saturated carbocycles. The van der Waals surface area contributed by atoms with Gasteiger partial charge in [-0.15, -0.1) is 11.3 Å². The molecule has 4 rings (SSSR count). The molecule has 0 radical (unpaired) electrons. The van der Waals surface area contributed by atoms with Crippen LogP contribution < -0.4 is 5.32 Å². The van der Waals surface area contributed by atoms with Gasteiger partial charge >= 0.3 is 0 Å². The summed E-state index contributed by atoms with van der Waals surface area (Å²) in [6.07, 6.45) is 1.80. The van der Waals surface area contributed by atoms with Gasteiger partial charge in [-0.25, -0.2) is 0 Å². The van der Waals surface area contributed by atoms with Gasteiger partial charge in [-0.2, -0.15) is 0 Å². The van der Waals surface area contributed by atoms with Gasteiger partial charge in [0.15, 0.2) is 0 Å². The van der Waals surface area contributed by atoms with E-state index >= 15 is 0 Å². The van der Waals surface area contributed by atoms with Crippen LogP contribution in [0.25, 0.3) is 0 Å². The largest absolute Gasteiger partial charge is 0.347 e. The highest BCUT2D eigenvalue weighted by molar-refractivity contribution is 7.18. The van der Waals surface area contributed by atoms with E-state index in [4.69, 9.17) is 11.6 Å². The predicted octanol–water partition coefficient (Wildman–Crippen LogP) is 3.03.